The lowest BCUT2D eigenvalue weighted by Crippen LogP contribution is -2.16. The molecule has 3 aromatic rings. The molecule has 19 heavy (non-hydrogen) atoms. The molecule has 0 radical (unpaired) electrons. The van der Waals surface area contributed by atoms with Crippen molar-refractivity contribution in [3.05, 3.63) is 40.6 Å². The highest BCUT2D eigenvalue weighted by molar-refractivity contribution is 7.26. The topological polar surface area (TPSA) is 29.9 Å². The molecule has 3 nitrogen and oxygen atoms in total. The molecule has 100 valence electrons. The molecule has 3 aromatic heterocycles. The highest BCUT2D eigenvalue weighted by atomic mass is 32.1. The number of hydrogen-bond donors (Lipinski definition) is 1. The zero-order chi connectivity index (χ0) is 13.2. The van der Waals surface area contributed by atoms with E-state index in [4.69, 9.17) is 0 Å². The highest BCUT2D eigenvalue weighted by Crippen LogP contribution is 2.34. The van der Waals surface area contributed by atoms with Crippen LogP contribution in [0, 0.1) is 0 Å². The fourth-order valence-electron chi connectivity index (χ4n) is 2.30. The Bertz CT molecular complexity index is 636. The molecule has 0 bridgehead atoms. The monoisotopic (exact) mass is 291 g/mol. The van der Waals surface area contributed by atoms with Crippen molar-refractivity contribution in [2.24, 2.45) is 7.05 Å². The Morgan fingerprint density at radius 1 is 1.42 bits per heavy atom. The molecule has 1 N–H and O–H groups in total. The van der Waals surface area contributed by atoms with Gasteiger partial charge in [-0.25, -0.2) is 4.98 Å². The summed E-state index contributed by atoms with van der Waals surface area (Å²) in [5.74, 6) is 1.15. The minimum absolute atomic E-state index is 0.418. The number of nitrogens with zero attached hydrogens (tertiary/aromatic N) is 2. The van der Waals surface area contributed by atoms with Gasteiger partial charge in [0, 0.05) is 46.2 Å². The first-order chi connectivity index (χ1) is 9.28. The zero-order valence-electron chi connectivity index (χ0n) is 11.1. The Hall–Kier alpha value is -1.17. The minimum atomic E-state index is 0.418. The molecule has 0 spiro atoms. The molecule has 0 amide bonds. The van der Waals surface area contributed by atoms with Gasteiger partial charge in [0.2, 0.25) is 0 Å². The summed E-state index contributed by atoms with van der Waals surface area (Å²) in [6.45, 7) is 0. The van der Waals surface area contributed by atoms with E-state index in [0.717, 1.165) is 18.7 Å². The minimum Gasteiger partial charge on any atom is -0.338 e. The van der Waals surface area contributed by atoms with Gasteiger partial charge in [-0.05, 0) is 31.0 Å². The van der Waals surface area contributed by atoms with Gasteiger partial charge in [-0.15, -0.1) is 22.7 Å². The van der Waals surface area contributed by atoms with Crippen molar-refractivity contribution in [1.29, 1.82) is 0 Å². The fraction of sp³-hybridized carbons (Fsp3) is 0.357. The predicted octanol–water partition coefficient (Wildman–Crippen LogP) is 3.59. The van der Waals surface area contributed by atoms with E-state index in [1.165, 1.54) is 14.3 Å². The van der Waals surface area contributed by atoms with Crippen LogP contribution in [0.5, 0.6) is 0 Å². The van der Waals surface area contributed by atoms with E-state index in [9.17, 15) is 0 Å². The molecule has 0 aliphatic rings. The molecule has 3 rings (SSSR count). The summed E-state index contributed by atoms with van der Waals surface area (Å²) in [5, 5.41) is 5.59. The summed E-state index contributed by atoms with van der Waals surface area (Å²) >= 11 is 3.72. The van der Waals surface area contributed by atoms with Gasteiger partial charge in [0.15, 0.2) is 0 Å². The maximum atomic E-state index is 4.39. The Labute approximate surface area is 120 Å². The maximum Gasteiger partial charge on any atom is 0.108 e. The summed E-state index contributed by atoms with van der Waals surface area (Å²) < 4.78 is 4.90. The van der Waals surface area contributed by atoms with E-state index in [2.05, 4.69) is 39.4 Å². The van der Waals surface area contributed by atoms with Crippen molar-refractivity contribution in [1.82, 2.24) is 14.9 Å². The van der Waals surface area contributed by atoms with Crippen LogP contribution in [-0.4, -0.2) is 16.6 Å². The van der Waals surface area contributed by atoms with Gasteiger partial charge >= 0.3 is 0 Å². The van der Waals surface area contributed by atoms with Crippen LogP contribution < -0.4 is 5.32 Å². The number of imidazole rings is 1. The van der Waals surface area contributed by atoms with E-state index < -0.39 is 0 Å². The van der Waals surface area contributed by atoms with Gasteiger partial charge in [-0.3, -0.25) is 0 Å². The van der Waals surface area contributed by atoms with Crippen molar-refractivity contribution < 1.29 is 0 Å². The average Bonchev–Trinajstić information content (AvgIpc) is 3.06. The molecule has 1 unspecified atom stereocenters. The van der Waals surface area contributed by atoms with Crippen LogP contribution in [0.25, 0.3) is 9.40 Å². The average molecular weight is 291 g/mol. The van der Waals surface area contributed by atoms with Gasteiger partial charge in [-0.2, -0.15) is 0 Å². The Morgan fingerprint density at radius 3 is 3.00 bits per heavy atom. The molecule has 0 aromatic carbocycles. The second-order valence-electron chi connectivity index (χ2n) is 4.63. The van der Waals surface area contributed by atoms with Gasteiger partial charge in [0.1, 0.15) is 5.82 Å². The Balaban J connectivity index is 1.74. The fourth-order valence-corrected chi connectivity index (χ4v) is 4.56. The standard InChI is InChI=1S/C14H17N3S2/c1-15-10(3-4-14-16-6-7-17(14)2)12-9-13-11(19-12)5-8-18-13/h5-10,15H,3-4H2,1-2H3. The van der Waals surface area contributed by atoms with Gasteiger partial charge < -0.3 is 9.88 Å². The number of hydrogen-bond acceptors (Lipinski definition) is 4. The Morgan fingerprint density at radius 2 is 2.32 bits per heavy atom. The largest absolute Gasteiger partial charge is 0.338 e. The number of nitrogens with one attached hydrogen (secondary N) is 1. The lowest BCUT2D eigenvalue weighted by molar-refractivity contribution is 0.544. The van der Waals surface area contributed by atoms with E-state index in [0.29, 0.717) is 6.04 Å². The summed E-state index contributed by atoms with van der Waals surface area (Å²) in [4.78, 5) is 5.82. The van der Waals surface area contributed by atoms with Crippen molar-refractivity contribution in [2.45, 2.75) is 18.9 Å². The van der Waals surface area contributed by atoms with Crippen LogP contribution in [0.3, 0.4) is 0 Å². The van der Waals surface area contributed by atoms with Gasteiger partial charge in [0.05, 0.1) is 0 Å². The van der Waals surface area contributed by atoms with Crippen LogP contribution >= 0.6 is 22.7 Å². The van der Waals surface area contributed by atoms with Crippen LogP contribution in [-0.2, 0) is 13.5 Å². The second-order valence-corrected chi connectivity index (χ2v) is 6.70. The molecule has 0 aliphatic carbocycles. The molecular formula is C14H17N3S2. The summed E-state index contributed by atoms with van der Waals surface area (Å²) in [6.07, 6.45) is 5.95. The second kappa shape index (κ2) is 5.45. The normalized spacial score (nSPS) is 13.2. The van der Waals surface area contributed by atoms with E-state index in [1.54, 1.807) is 0 Å². The summed E-state index contributed by atoms with van der Waals surface area (Å²) in [7, 11) is 4.09. The molecule has 3 heterocycles. The molecular weight excluding hydrogens is 274 g/mol. The molecule has 0 aliphatic heterocycles. The first-order valence-corrected chi connectivity index (χ1v) is 8.08. The first-order valence-electron chi connectivity index (χ1n) is 6.38. The third-order valence-corrected chi connectivity index (χ3v) is 5.63. The van der Waals surface area contributed by atoms with Crippen LogP contribution in [0.4, 0.5) is 0 Å². The summed E-state index contributed by atoms with van der Waals surface area (Å²) in [5.41, 5.74) is 0. The molecule has 0 saturated heterocycles. The number of fused-ring (bicyclic) bond motifs is 1. The number of rotatable bonds is 5. The first kappa shape index (κ1) is 12.8. The molecule has 0 saturated carbocycles. The van der Waals surface area contributed by atoms with E-state index in [1.807, 2.05) is 42.1 Å². The predicted molar refractivity (Wildman–Crippen MR) is 83.0 cm³/mol. The number of thiophene rings is 2. The quantitative estimate of drug-likeness (QED) is 0.778. The molecule has 5 heteroatoms. The zero-order valence-corrected chi connectivity index (χ0v) is 12.7. The van der Waals surface area contributed by atoms with Crippen LogP contribution in [0.2, 0.25) is 0 Å². The van der Waals surface area contributed by atoms with Gasteiger partial charge in [0.25, 0.3) is 0 Å². The van der Waals surface area contributed by atoms with Crippen molar-refractivity contribution in [3.8, 4) is 0 Å². The smallest absolute Gasteiger partial charge is 0.108 e. The molecule has 1 atom stereocenters. The van der Waals surface area contributed by atoms with Gasteiger partial charge in [-0.1, -0.05) is 0 Å². The van der Waals surface area contributed by atoms with Crippen molar-refractivity contribution in [3.63, 3.8) is 0 Å². The number of aromatic nitrogens is 2. The lowest BCUT2D eigenvalue weighted by Gasteiger charge is -2.14. The van der Waals surface area contributed by atoms with Crippen LogP contribution in [0.15, 0.2) is 29.9 Å². The lowest BCUT2D eigenvalue weighted by atomic mass is 10.1. The molecule has 0 fully saturated rings. The van der Waals surface area contributed by atoms with Crippen molar-refractivity contribution in [2.75, 3.05) is 7.05 Å². The summed E-state index contributed by atoms with van der Waals surface area (Å²) in [6, 6.07) is 4.95. The third-order valence-electron chi connectivity index (χ3n) is 3.43. The van der Waals surface area contributed by atoms with Crippen molar-refractivity contribution >= 4 is 32.1 Å². The maximum absolute atomic E-state index is 4.39. The highest BCUT2D eigenvalue weighted by Gasteiger charge is 2.14. The SMILES string of the molecule is CNC(CCc1nccn1C)c1cc2sccc2s1. The van der Waals surface area contributed by atoms with E-state index >= 15 is 0 Å². The van der Waals surface area contributed by atoms with E-state index in [-0.39, 0.29) is 0 Å². The number of aryl methyl sites for hydroxylation is 2. The van der Waals surface area contributed by atoms with Crippen LogP contribution in [0.1, 0.15) is 23.2 Å². The third kappa shape index (κ3) is 2.59. The Kier molecular flexibility index (Phi) is 3.68.